The fourth-order valence-corrected chi connectivity index (χ4v) is 3.22. The van der Waals surface area contributed by atoms with E-state index in [0.717, 1.165) is 5.69 Å². The normalized spacial score (nSPS) is 20.5. The second-order valence-corrected chi connectivity index (χ2v) is 7.91. The van der Waals surface area contributed by atoms with Gasteiger partial charge in [0.15, 0.2) is 6.10 Å². The zero-order chi connectivity index (χ0) is 19.8. The molecule has 2 aromatic rings. The number of morpholine rings is 1. The lowest BCUT2D eigenvalue weighted by molar-refractivity contribution is -0.160. The van der Waals surface area contributed by atoms with Crippen molar-refractivity contribution < 1.29 is 19.4 Å². The van der Waals surface area contributed by atoms with Gasteiger partial charge in [0.1, 0.15) is 0 Å². The molecule has 2 atom stereocenters. The molecular weight excluding hydrogens is 346 g/mol. The Balaban J connectivity index is 1.98. The number of rotatable bonds is 3. The van der Waals surface area contributed by atoms with Crippen LogP contribution in [0.4, 0.5) is 0 Å². The fraction of sp³-hybridized carbons (Fsp3) is 0.450. The molecule has 1 aromatic carbocycles. The molecule has 27 heavy (non-hydrogen) atoms. The number of hydrogen-bond acceptors (Lipinski definition) is 4. The number of benzene rings is 1. The van der Waals surface area contributed by atoms with Gasteiger partial charge in [-0.15, -0.1) is 0 Å². The predicted molar refractivity (Wildman–Crippen MR) is 100 cm³/mol. The van der Waals surface area contributed by atoms with E-state index in [2.05, 4.69) is 5.10 Å². The highest BCUT2D eigenvalue weighted by Gasteiger charge is 2.36. The Morgan fingerprint density at radius 3 is 2.44 bits per heavy atom. The molecule has 0 aliphatic carbocycles. The minimum absolute atomic E-state index is 0.0264. The maximum absolute atomic E-state index is 13.2. The maximum Gasteiger partial charge on any atom is 0.334 e. The van der Waals surface area contributed by atoms with Gasteiger partial charge in [-0.2, -0.15) is 5.10 Å². The van der Waals surface area contributed by atoms with Crippen molar-refractivity contribution in [3.8, 4) is 5.69 Å². The number of aliphatic carboxylic acids is 1. The van der Waals surface area contributed by atoms with Crippen LogP contribution in [0.3, 0.4) is 0 Å². The van der Waals surface area contributed by atoms with Gasteiger partial charge in [0.25, 0.3) is 5.91 Å². The Bertz CT molecular complexity index is 839. The second kappa shape index (κ2) is 7.15. The number of amides is 1. The number of para-hydroxylation sites is 1. The molecular formula is C20H25N3O4. The summed E-state index contributed by atoms with van der Waals surface area (Å²) in [7, 11) is 0. The number of aromatic nitrogens is 2. The summed E-state index contributed by atoms with van der Waals surface area (Å²) in [6, 6.07) is 9.59. The molecule has 0 saturated carbocycles. The summed E-state index contributed by atoms with van der Waals surface area (Å²) in [5, 5.41) is 13.9. The van der Waals surface area contributed by atoms with E-state index in [4.69, 9.17) is 4.74 Å². The zero-order valence-electron chi connectivity index (χ0n) is 16.0. The van der Waals surface area contributed by atoms with E-state index in [1.165, 1.54) is 0 Å². The Morgan fingerprint density at radius 1 is 1.19 bits per heavy atom. The van der Waals surface area contributed by atoms with Crippen molar-refractivity contribution in [1.82, 2.24) is 14.7 Å². The van der Waals surface area contributed by atoms with E-state index in [0.29, 0.717) is 17.8 Å². The third kappa shape index (κ3) is 4.03. The molecule has 1 aliphatic rings. The van der Waals surface area contributed by atoms with Gasteiger partial charge in [-0.05, 0) is 19.1 Å². The lowest BCUT2D eigenvalue weighted by Gasteiger charge is -2.35. The van der Waals surface area contributed by atoms with E-state index in [9.17, 15) is 14.7 Å². The first-order valence-electron chi connectivity index (χ1n) is 9.00. The van der Waals surface area contributed by atoms with Gasteiger partial charge < -0.3 is 14.7 Å². The number of carboxylic acids is 1. The summed E-state index contributed by atoms with van der Waals surface area (Å²) in [4.78, 5) is 26.1. The molecule has 1 N–H and O–H groups in total. The number of carbonyl (C=O) groups excluding carboxylic acids is 1. The average Bonchev–Trinajstić information content (AvgIpc) is 3.07. The van der Waals surface area contributed by atoms with Crippen molar-refractivity contribution in [3.63, 3.8) is 0 Å². The minimum Gasteiger partial charge on any atom is -0.479 e. The highest BCUT2D eigenvalue weighted by molar-refractivity contribution is 5.96. The van der Waals surface area contributed by atoms with Crippen LogP contribution in [0, 0.1) is 0 Å². The van der Waals surface area contributed by atoms with Gasteiger partial charge in [-0.25, -0.2) is 9.48 Å². The van der Waals surface area contributed by atoms with Gasteiger partial charge in [0.05, 0.1) is 29.6 Å². The average molecular weight is 371 g/mol. The van der Waals surface area contributed by atoms with Gasteiger partial charge in [0.2, 0.25) is 0 Å². The van der Waals surface area contributed by atoms with Crippen LogP contribution in [0.15, 0.2) is 36.5 Å². The fourth-order valence-electron chi connectivity index (χ4n) is 3.22. The molecule has 1 fully saturated rings. The summed E-state index contributed by atoms with van der Waals surface area (Å²) in [6.07, 6.45) is 0.375. The third-order valence-corrected chi connectivity index (χ3v) is 4.50. The summed E-state index contributed by atoms with van der Waals surface area (Å²) in [5.74, 6) is -1.28. The predicted octanol–water partition coefficient (Wildman–Crippen LogP) is 2.48. The molecule has 3 rings (SSSR count). The lowest BCUT2D eigenvalue weighted by Crippen LogP contribution is -2.52. The Labute approximate surface area is 158 Å². The standard InChI is InChI=1S/C20H25N3O4/c1-13-10-22(12-16(27-13)19(25)26)18(24)15-11-23(14-8-6-5-7-9-14)21-17(15)20(2,3)4/h5-9,11,13,16H,10,12H2,1-4H3,(H,25,26)/t13-,16?/m1/s1. The van der Waals surface area contributed by atoms with Gasteiger partial charge in [-0.3, -0.25) is 4.79 Å². The van der Waals surface area contributed by atoms with Crippen molar-refractivity contribution >= 4 is 11.9 Å². The van der Waals surface area contributed by atoms with Crippen LogP contribution >= 0.6 is 0 Å². The Hall–Kier alpha value is -2.67. The van der Waals surface area contributed by atoms with Gasteiger partial charge in [0, 0.05) is 18.2 Å². The number of hydrogen-bond donors (Lipinski definition) is 1. The van der Waals surface area contributed by atoms with E-state index in [1.807, 2.05) is 51.1 Å². The SMILES string of the molecule is C[C@@H]1CN(C(=O)c2cn(-c3ccccc3)nc2C(C)(C)C)CC(C(=O)O)O1. The molecule has 144 valence electrons. The van der Waals surface area contributed by atoms with Gasteiger partial charge in [-0.1, -0.05) is 39.0 Å². The molecule has 7 heteroatoms. The molecule has 1 aromatic heterocycles. The van der Waals surface area contributed by atoms with Crippen LogP contribution in [0.2, 0.25) is 0 Å². The van der Waals surface area contributed by atoms with Crippen LogP contribution in [0.1, 0.15) is 43.7 Å². The van der Waals surface area contributed by atoms with Crippen LogP contribution in [0.5, 0.6) is 0 Å². The summed E-state index contributed by atoms with van der Waals surface area (Å²) in [6.45, 7) is 8.16. The second-order valence-electron chi connectivity index (χ2n) is 7.91. The first kappa shape index (κ1) is 19.1. The van der Waals surface area contributed by atoms with Crippen molar-refractivity contribution in [3.05, 3.63) is 47.8 Å². The Kier molecular flexibility index (Phi) is 5.06. The van der Waals surface area contributed by atoms with Crippen molar-refractivity contribution in [1.29, 1.82) is 0 Å². The highest BCUT2D eigenvalue weighted by atomic mass is 16.5. The number of ether oxygens (including phenoxy) is 1. The topological polar surface area (TPSA) is 84.7 Å². The van der Waals surface area contributed by atoms with Crippen molar-refractivity contribution in [2.75, 3.05) is 13.1 Å². The molecule has 7 nitrogen and oxygen atoms in total. The Morgan fingerprint density at radius 2 is 1.85 bits per heavy atom. The van der Waals surface area contributed by atoms with E-state index in [1.54, 1.807) is 22.7 Å². The monoisotopic (exact) mass is 371 g/mol. The maximum atomic E-state index is 13.2. The first-order chi connectivity index (χ1) is 12.7. The smallest absolute Gasteiger partial charge is 0.334 e. The quantitative estimate of drug-likeness (QED) is 0.896. The molecule has 1 unspecified atom stereocenters. The van der Waals surface area contributed by atoms with E-state index >= 15 is 0 Å². The molecule has 0 radical (unpaired) electrons. The molecule has 1 amide bonds. The zero-order valence-corrected chi connectivity index (χ0v) is 16.0. The van der Waals surface area contributed by atoms with Crippen molar-refractivity contribution in [2.24, 2.45) is 0 Å². The lowest BCUT2D eigenvalue weighted by atomic mass is 9.89. The number of carboxylic acid groups (broad SMARTS) is 1. The minimum atomic E-state index is -1.06. The van der Waals surface area contributed by atoms with E-state index in [-0.39, 0.29) is 24.0 Å². The van der Waals surface area contributed by atoms with Crippen molar-refractivity contribution in [2.45, 2.75) is 45.3 Å². The molecule has 1 aliphatic heterocycles. The summed E-state index contributed by atoms with van der Waals surface area (Å²) in [5.41, 5.74) is 1.70. The molecule has 2 heterocycles. The first-order valence-corrected chi connectivity index (χ1v) is 9.00. The molecule has 1 saturated heterocycles. The van der Waals surface area contributed by atoms with Crippen LogP contribution < -0.4 is 0 Å². The van der Waals surface area contributed by atoms with Gasteiger partial charge >= 0.3 is 5.97 Å². The number of nitrogens with zero attached hydrogens (tertiary/aromatic N) is 3. The highest BCUT2D eigenvalue weighted by Crippen LogP contribution is 2.27. The largest absolute Gasteiger partial charge is 0.479 e. The van der Waals surface area contributed by atoms with Crippen LogP contribution in [0.25, 0.3) is 5.69 Å². The molecule has 0 bridgehead atoms. The summed E-state index contributed by atoms with van der Waals surface area (Å²) >= 11 is 0. The third-order valence-electron chi connectivity index (χ3n) is 4.50. The molecule has 0 spiro atoms. The van der Waals surface area contributed by atoms with Crippen LogP contribution in [-0.2, 0) is 14.9 Å². The summed E-state index contributed by atoms with van der Waals surface area (Å²) < 4.78 is 7.12. The van der Waals surface area contributed by atoms with E-state index < -0.39 is 12.1 Å². The number of carbonyl (C=O) groups is 2. The van der Waals surface area contributed by atoms with Crippen LogP contribution in [-0.4, -0.2) is 57.0 Å².